The zero-order valence-corrected chi connectivity index (χ0v) is 15.6. The second-order valence-corrected chi connectivity index (χ2v) is 7.59. The van der Waals surface area contributed by atoms with Crippen LogP contribution in [0.25, 0.3) is 0 Å². The number of nitrogens with one attached hydrogen (secondary N) is 3. The van der Waals surface area contributed by atoms with Crippen LogP contribution in [-0.4, -0.2) is 51.3 Å². The van der Waals surface area contributed by atoms with Gasteiger partial charge in [0.15, 0.2) is 6.04 Å². The molecular formula is C20H33N3O2+2. The van der Waals surface area contributed by atoms with Crippen molar-refractivity contribution in [3.05, 3.63) is 24.3 Å². The lowest BCUT2D eigenvalue weighted by molar-refractivity contribution is -0.965. The first-order valence-electron chi connectivity index (χ1n) is 9.81. The molecule has 0 radical (unpaired) electrons. The second kappa shape index (κ2) is 8.68. The fourth-order valence-electron chi connectivity index (χ4n) is 4.35. The molecule has 25 heavy (non-hydrogen) atoms. The number of hydrogen-bond acceptors (Lipinski definition) is 2. The molecule has 2 heterocycles. The van der Waals surface area contributed by atoms with E-state index in [-0.39, 0.29) is 11.9 Å². The smallest absolute Gasteiger partial charge is 0.282 e. The van der Waals surface area contributed by atoms with Crippen molar-refractivity contribution in [1.82, 2.24) is 0 Å². The summed E-state index contributed by atoms with van der Waals surface area (Å²) in [5.74, 6) is 0.919. The molecule has 1 aromatic rings. The topological polar surface area (TPSA) is 47.2 Å². The van der Waals surface area contributed by atoms with Crippen molar-refractivity contribution in [3.8, 4) is 5.75 Å². The van der Waals surface area contributed by atoms with E-state index in [1.165, 1.54) is 50.1 Å². The van der Waals surface area contributed by atoms with Gasteiger partial charge in [-0.3, -0.25) is 4.79 Å². The van der Waals surface area contributed by atoms with Crippen LogP contribution in [0.5, 0.6) is 5.75 Å². The van der Waals surface area contributed by atoms with Crippen molar-refractivity contribution in [3.63, 3.8) is 0 Å². The van der Waals surface area contributed by atoms with Gasteiger partial charge in [-0.05, 0) is 50.5 Å². The van der Waals surface area contributed by atoms with E-state index in [0.29, 0.717) is 0 Å². The van der Waals surface area contributed by atoms with E-state index in [1.807, 2.05) is 29.2 Å². The number of ether oxygens (including phenoxy) is 1. The third-order valence-corrected chi connectivity index (χ3v) is 6.06. The maximum absolute atomic E-state index is 12.6. The molecule has 0 aromatic heterocycles. The van der Waals surface area contributed by atoms with Gasteiger partial charge in [-0.15, -0.1) is 0 Å². The zero-order chi connectivity index (χ0) is 17.6. The number of amides is 1. The molecule has 0 unspecified atom stereocenters. The first-order valence-corrected chi connectivity index (χ1v) is 9.81. The lowest BCUT2D eigenvalue weighted by Gasteiger charge is -2.37. The van der Waals surface area contributed by atoms with Crippen LogP contribution in [-0.2, 0) is 4.79 Å². The molecule has 3 N–H and O–H groups in total. The SMILES string of the molecule is COc1ccc(NC(=O)[C@@H](C)[NH+]2CCC([NH+]3CCCCC3)CC2)cc1. The first-order chi connectivity index (χ1) is 12.2. The number of carbonyl (C=O) groups excluding carboxylic acids is 1. The Morgan fingerprint density at radius 3 is 2.32 bits per heavy atom. The highest BCUT2D eigenvalue weighted by Gasteiger charge is 2.34. The van der Waals surface area contributed by atoms with Crippen LogP contribution >= 0.6 is 0 Å². The molecule has 0 aliphatic carbocycles. The van der Waals surface area contributed by atoms with E-state index in [0.717, 1.165) is 30.6 Å². The summed E-state index contributed by atoms with van der Waals surface area (Å²) in [4.78, 5) is 15.8. The molecule has 0 saturated carbocycles. The average molecular weight is 348 g/mol. The molecule has 2 saturated heterocycles. The molecule has 3 rings (SSSR count). The maximum atomic E-state index is 12.6. The normalized spacial score (nSPS) is 26.0. The predicted molar refractivity (Wildman–Crippen MR) is 99.4 cm³/mol. The van der Waals surface area contributed by atoms with Gasteiger partial charge in [-0.1, -0.05) is 0 Å². The summed E-state index contributed by atoms with van der Waals surface area (Å²) in [6.45, 7) is 7.00. The Labute approximate surface area is 151 Å². The fraction of sp³-hybridized carbons (Fsp3) is 0.650. The molecule has 0 bridgehead atoms. The van der Waals surface area contributed by atoms with Crippen molar-refractivity contribution in [2.45, 2.75) is 51.1 Å². The molecule has 2 fully saturated rings. The summed E-state index contributed by atoms with van der Waals surface area (Å²) in [7, 11) is 1.65. The lowest BCUT2D eigenvalue weighted by Crippen LogP contribution is -3.22. The van der Waals surface area contributed by atoms with Gasteiger partial charge in [0.25, 0.3) is 5.91 Å². The van der Waals surface area contributed by atoms with E-state index in [2.05, 4.69) is 12.2 Å². The van der Waals surface area contributed by atoms with Crippen molar-refractivity contribution in [2.75, 3.05) is 38.6 Å². The van der Waals surface area contributed by atoms with Crippen LogP contribution in [0.4, 0.5) is 5.69 Å². The number of hydrogen-bond donors (Lipinski definition) is 3. The van der Waals surface area contributed by atoms with Crippen LogP contribution in [0, 0.1) is 0 Å². The first kappa shape index (κ1) is 18.2. The highest BCUT2D eigenvalue weighted by atomic mass is 16.5. The number of quaternary nitrogens is 2. The maximum Gasteiger partial charge on any atom is 0.282 e. The van der Waals surface area contributed by atoms with E-state index in [1.54, 1.807) is 7.11 Å². The van der Waals surface area contributed by atoms with Gasteiger partial charge < -0.3 is 19.9 Å². The van der Waals surface area contributed by atoms with Crippen LogP contribution in [0.1, 0.15) is 39.0 Å². The van der Waals surface area contributed by atoms with E-state index < -0.39 is 0 Å². The molecule has 5 heteroatoms. The van der Waals surface area contributed by atoms with Crippen molar-refractivity contribution in [1.29, 1.82) is 0 Å². The van der Waals surface area contributed by atoms with E-state index >= 15 is 0 Å². The number of likely N-dealkylation sites (tertiary alicyclic amines) is 2. The number of benzene rings is 1. The fourth-order valence-corrected chi connectivity index (χ4v) is 4.35. The molecule has 2 aliphatic heterocycles. The van der Waals surface area contributed by atoms with Gasteiger partial charge >= 0.3 is 0 Å². The minimum Gasteiger partial charge on any atom is -0.497 e. The van der Waals surface area contributed by atoms with Gasteiger partial charge in [-0.25, -0.2) is 0 Å². The highest BCUT2D eigenvalue weighted by Crippen LogP contribution is 2.15. The Bertz CT molecular complexity index is 547. The summed E-state index contributed by atoms with van der Waals surface area (Å²) in [5.41, 5.74) is 0.838. The monoisotopic (exact) mass is 347 g/mol. The van der Waals surface area contributed by atoms with Crippen LogP contribution in [0.15, 0.2) is 24.3 Å². The number of anilines is 1. The number of piperidine rings is 2. The lowest BCUT2D eigenvalue weighted by atomic mass is 9.99. The average Bonchev–Trinajstić information content (AvgIpc) is 2.69. The molecule has 5 nitrogen and oxygen atoms in total. The summed E-state index contributed by atoms with van der Waals surface area (Å²) in [6, 6.07) is 8.36. The number of rotatable bonds is 5. The van der Waals surface area contributed by atoms with E-state index in [4.69, 9.17) is 4.74 Å². The largest absolute Gasteiger partial charge is 0.497 e. The van der Waals surface area contributed by atoms with Gasteiger partial charge in [0.1, 0.15) is 5.75 Å². The molecular weight excluding hydrogens is 314 g/mol. The molecule has 1 amide bonds. The standard InChI is InChI=1S/C20H31N3O2/c1-16(20(24)21-17-6-8-19(25-2)9-7-17)22-14-10-18(11-15-22)23-12-4-3-5-13-23/h6-9,16,18H,3-5,10-15H2,1-2H3,(H,21,24)/p+2/t16-/m1/s1. The Morgan fingerprint density at radius 1 is 1.08 bits per heavy atom. The third-order valence-electron chi connectivity index (χ3n) is 6.06. The van der Waals surface area contributed by atoms with Gasteiger partial charge in [0, 0.05) is 18.5 Å². The molecule has 1 atom stereocenters. The Kier molecular flexibility index (Phi) is 6.32. The minimum atomic E-state index is -0.000549. The van der Waals surface area contributed by atoms with Gasteiger partial charge in [-0.2, -0.15) is 0 Å². The van der Waals surface area contributed by atoms with Crippen LogP contribution < -0.4 is 19.9 Å². The van der Waals surface area contributed by atoms with Crippen LogP contribution in [0.2, 0.25) is 0 Å². The summed E-state index contributed by atoms with van der Waals surface area (Å²) >= 11 is 0. The van der Waals surface area contributed by atoms with Gasteiger partial charge in [0.05, 0.1) is 39.3 Å². The number of carbonyl (C=O) groups is 1. The summed E-state index contributed by atoms with van der Waals surface area (Å²) in [5, 5.41) is 3.04. The molecule has 1 aromatic carbocycles. The quantitative estimate of drug-likeness (QED) is 0.710. The van der Waals surface area contributed by atoms with Crippen molar-refractivity contribution in [2.24, 2.45) is 0 Å². The second-order valence-electron chi connectivity index (χ2n) is 7.59. The Hall–Kier alpha value is -1.59. The minimum absolute atomic E-state index is 0.000549. The predicted octanol–water partition coefficient (Wildman–Crippen LogP) is 0.138. The Morgan fingerprint density at radius 2 is 1.72 bits per heavy atom. The summed E-state index contributed by atoms with van der Waals surface area (Å²) < 4.78 is 5.16. The highest BCUT2D eigenvalue weighted by molar-refractivity contribution is 5.93. The molecule has 138 valence electrons. The van der Waals surface area contributed by atoms with Crippen LogP contribution in [0.3, 0.4) is 0 Å². The van der Waals surface area contributed by atoms with E-state index in [9.17, 15) is 4.79 Å². The van der Waals surface area contributed by atoms with Crippen molar-refractivity contribution >= 4 is 11.6 Å². The molecule has 2 aliphatic rings. The Balaban J connectivity index is 1.47. The van der Waals surface area contributed by atoms with Crippen molar-refractivity contribution < 1.29 is 19.3 Å². The zero-order valence-electron chi connectivity index (χ0n) is 15.6. The summed E-state index contributed by atoms with van der Waals surface area (Å²) in [6.07, 6.45) is 6.71. The number of methoxy groups -OCH3 is 1. The molecule has 0 spiro atoms. The third kappa shape index (κ3) is 4.73. The van der Waals surface area contributed by atoms with Gasteiger partial charge in [0.2, 0.25) is 0 Å².